The molecule has 0 spiro atoms. The van der Waals surface area contributed by atoms with Crippen molar-refractivity contribution in [3.8, 4) is 5.75 Å². The highest BCUT2D eigenvalue weighted by molar-refractivity contribution is 6.30. The lowest BCUT2D eigenvalue weighted by atomic mass is 10.3. The van der Waals surface area contributed by atoms with Gasteiger partial charge in [-0.25, -0.2) is 0 Å². The van der Waals surface area contributed by atoms with Crippen molar-refractivity contribution in [3.63, 3.8) is 0 Å². The number of rotatable bonds is 6. The summed E-state index contributed by atoms with van der Waals surface area (Å²) in [7, 11) is 0. The Balaban J connectivity index is 2.30. The van der Waals surface area contributed by atoms with Crippen molar-refractivity contribution in [1.29, 1.82) is 0 Å². The third kappa shape index (κ3) is 5.02. The van der Waals surface area contributed by atoms with E-state index in [-0.39, 0.29) is 6.04 Å². The first-order valence-corrected chi connectivity index (χ1v) is 5.32. The third-order valence-electron chi connectivity index (χ3n) is 1.80. The van der Waals surface area contributed by atoms with E-state index < -0.39 is 0 Å². The second kappa shape index (κ2) is 6.67. The van der Waals surface area contributed by atoms with E-state index in [1.54, 1.807) is 12.1 Å². The maximum absolute atomic E-state index is 5.81. The van der Waals surface area contributed by atoms with Crippen LogP contribution in [0.5, 0.6) is 5.75 Å². The molecule has 2 N–H and O–H groups in total. The van der Waals surface area contributed by atoms with Crippen LogP contribution in [0.4, 0.5) is 0 Å². The topological polar surface area (TPSA) is 44.5 Å². The lowest BCUT2D eigenvalue weighted by Crippen LogP contribution is -2.32. The average Bonchev–Trinajstić information content (AvgIpc) is 2.23. The lowest BCUT2D eigenvalue weighted by Gasteiger charge is -2.12. The van der Waals surface area contributed by atoms with Crippen molar-refractivity contribution in [2.45, 2.75) is 13.0 Å². The Morgan fingerprint density at radius 1 is 1.40 bits per heavy atom. The minimum Gasteiger partial charge on any atom is -0.492 e. The molecule has 0 bridgehead atoms. The van der Waals surface area contributed by atoms with Gasteiger partial charge in [-0.05, 0) is 25.1 Å². The van der Waals surface area contributed by atoms with E-state index in [9.17, 15) is 0 Å². The van der Waals surface area contributed by atoms with Crippen LogP contribution < -0.4 is 10.5 Å². The standard InChI is InChI=1S/C11H16ClNO2/c1-2-14-7-10(13)8-15-11-5-3-4-9(12)6-11/h3-6,10H,2,7-8,13H2,1H3. The van der Waals surface area contributed by atoms with Crippen LogP contribution in [-0.2, 0) is 4.74 Å². The summed E-state index contributed by atoms with van der Waals surface area (Å²) < 4.78 is 10.6. The van der Waals surface area contributed by atoms with Gasteiger partial charge in [-0.15, -0.1) is 0 Å². The molecule has 0 saturated carbocycles. The summed E-state index contributed by atoms with van der Waals surface area (Å²) in [6.45, 7) is 3.55. The maximum Gasteiger partial charge on any atom is 0.120 e. The highest BCUT2D eigenvalue weighted by Crippen LogP contribution is 2.16. The van der Waals surface area contributed by atoms with E-state index in [1.807, 2.05) is 19.1 Å². The van der Waals surface area contributed by atoms with Gasteiger partial charge >= 0.3 is 0 Å². The predicted molar refractivity (Wildman–Crippen MR) is 61.4 cm³/mol. The Morgan fingerprint density at radius 3 is 2.87 bits per heavy atom. The number of hydrogen-bond donors (Lipinski definition) is 1. The van der Waals surface area contributed by atoms with Crippen molar-refractivity contribution < 1.29 is 9.47 Å². The molecule has 0 fully saturated rings. The molecule has 1 aromatic carbocycles. The van der Waals surface area contributed by atoms with Gasteiger partial charge in [0, 0.05) is 11.6 Å². The van der Waals surface area contributed by atoms with E-state index in [0.29, 0.717) is 24.8 Å². The molecule has 4 heteroatoms. The number of benzene rings is 1. The fourth-order valence-electron chi connectivity index (χ4n) is 1.08. The zero-order chi connectivity index (χ0) is 11.1. The molecule has 0 saturated heterocycles. The van der Waals surface area contributed by atoms with Gasteiger partial charge in [0.2, 0.25) is 0 Å². The van der Waals surface area contributed by atoms with E-state index in [0.717, 1.165) is 5.75 Å². The van der Waals surface area contributed by atoms with Crippen molar-refractivity contribution in [2.24, 2.45) is 5.73 Å². The zero-order valence-electron chi connectivity index (χ0n) is 8.78. The normalized spacial score (nSPS) is 12.5. The van der Waals surface area contributed by atoms with Crippen molar-refractivity contribution in [1.82, 2.24) is 0 Å². The lowest BCUT2D eigenvalue weighted by molar-refractivity contribution is 0.115. The summed E-state index contributed by atoms with van der Waals surface area (Å²) in [6, 6.07) is 7.14. The molecule has 0 aliphatic carbocycles. The van der Waals surface area contributed by atoms with E-state index in [4.69, 9.17) is 26.8 Å². The molecule has 0 aliphatic heterocycles. The summed E-state index contributed by atoms with van der Waals surface area (Å²) in [4.78, 5) is 0. The summed E-state index contributed by atoms with van der Waals surface area (Å²) in [5.74, 6) is 0.731. The Hall–Kier alpha value is -0.770. The number of ether oxygens (including phenoxy) is 2. The SMILES string of the molecule is CCOCC(N)COc1cccc(Cl)c1. The molecule has 1 aromatic rings. The summed E-state index contributed by atoms with van der Waals surface area (Å²) >= 11 is 5.81. The molecule has 15 heavy (non-hydrogen) atoms. The van der Waals surface area contributed by atoms with Crippen LogP contribution in [0.3, 0.4) is 0 Å². The molecule has 1 rings (SSSR count). The van der Waals surface area contributed by atoms with Gasteiger partial charge in [-0.3, -0.25) is 0 Å². The molecular formula is C11H16ClNO2. The minimum absolute atomic E-state index is 0.107. The Kier molecular flexibility index (Phi) is 5.47. The quantitative estimate of drug-likeness (QED) is 0.813. The maximum atomic E-state index is 5.81. The van der Waals surface area contributed by atoms with Crippen molar-refractivity contribution in [3.05, 3.63) is 29.3 Å². The van der Waals surface area contributed by atoms with Gasteiger partial charge in [-0.1, -0.05) is 17.7 Å². The monoisotopic (exact) mass is 229 g/mol. The van der Waals surface area contributed by atoms with Crippen LogP contribution in [0.2, 0.25) is 5.02 Å². The molecular weight excluding hydrogens is 214 g/mol. The second-order valence-corrected chi connectivity index (χ2v) is 3.62. The highest BCUT2D eigenvalue weighted by atomic mass is 35.5. The summed E-state index contributed by atoms with van der Waals surface area (Å²) in [5.41, 5.74) is 5.76. The van der Waals surface area contributed by atoms with Crippen LogP contribution in [0.25, 0.3) is 0 Å². The smallest absolute Gasteiger partial charge is 0.120 e. The van der Waals surface area contributed by atoms with Gasteiger partial charge < -0.3 is 15.2 Å². The number of nitrogens with two attached hydrogens (primary N) is 1. The van der Waals surface area contributed by atoms with Crippen LogP contribution in [0.15, 0.2) is 24.3 Å². The Morgan fingerprint density at radius 2 is 2.20 bits per heavy atom. The molecule has 0 amide bonds. The summed E-state index contributed by atoms with van der Waals surface area (Å²) in [5, 5.41) is 0.658. The largest absolute Gasteiger partial charge is 0.492 e. The van der Waals surface area contributed by atoms with Crippen LogP contribution in [0.1, 0.15) is 6.92 Å². The average molecular weight is 230 g/mol. The zero-order valence-corrected chi connectivity index (χ0v) is 9.54. The fourth-order valence-corrected chi connectivity index (χ4v) is 1.26. The first-order chi connectivity index (χ1) is 7.22. The molecule has 0 aromatic heterocycles. The third-order valence-corrected chi connectivity index (χ3v) is 2.03. The van der Waals surface area contributed by atoms with Crippen molar-refractivity contribution >= 4 is 11.6 Å². The number of halogens is 1. The van der Waals surface area contributed by atoms with Crippen molar-refractivity contribution in [2.75, 3.05) is 19.8 Å². The fraction of sp³-hybridized carbons (Fsp3) is 0.455. The first kappa shape index (κ1) is 12.3. The molecule has 1 unspecified atom stereocenters. The van der Waals surface area contributed by atoms with Gasteiger partial charge in [0.25, 0.3) is 0 Å². The molecule has 0 aliphatic rings. The Bertz CT molecular complexity index is 294. The van der Waals surface area contributed by atoms with Gasteiger partial charge in [-0.2, -0.15) is 0 Å². The highest BCUT2D eigenvalue weighted by Gasteiger charge is 2.03. The van der Waals surface area contributed by atoms with Gasteiger partial charge in [0.05, 0.1) is 12.6 Å². The summed E-state index contributed by atoms with van der Waals surface area (Å²) in [6.07, 6.45) is 0. The minimum atomic E-state index is -0.107. The second-order valence-electron chi connectivity index (χ2n) is 3.19. The van der Waals surface area contributed by atoms with Crippen LogP contribution in [0, 0.1) is 0 Å². The molecule has 0 radical (unpaired) electrons. The van der Waals surface area contributed by atoms with E-state index in [1.165, 1.54) is 0 Å². The first-order valence-electron chi connectivity index (χ1n) is 4.94. The molecule has 84 valence electrons. The molecule has 1 atom stereocenters. The van der Waals surface area contributed by atoms with E-state index >= 15 is 0 Å². The van der Waals surface area contributed by atoms with Crippen LogP contribution in [-0.4, -0.2) is 25.9 Å². The molecule has 0 heterocycles. The van der Waals surface area contributed by atoms with Gasteiger partial charge in [0.15, 0.2) is 0 Å². The van der Waals surface area contributed by atoms with E-state index in [2.05, 4.69) is 0 Å². The molecule has 3 nitrogen and oxygen atoms in total. The predicted octanol–water partition coefficient (Wildman–Crippen LogP) is 2.08. The Labute approximate surface area is 95.1 Å². The van der Waals surface area contributed by atoms with Crippen LogP contribution >= 0.6 is 11.6 Å². The van der Waals surface area contributed by atoms with Gasteiger partial charge in [0.1, 0.15) is 12.4 Å². The number of hydrogen-bond acceptors (Lipinski definition) is 3.